The van der Waals surface area contributed by atoms with Gasteiger partial charge in [-0.2, -0.15) is 0 Å². The Morgan fingerprint density at radius 3 is 2.30 bits per heavy atom. The van der Waals surface area contributed by atoms with Crippen LogP contribution in [0.3, 0.4) is 0 Å². The molecule has 0 unspecified atom stereocenters. The molecule has 4 rings (SSSR count). The topological polar surface area (TPSA) is 82.2 Å². The molecule has 1 atom stereocenters. The zero-order valence-electron chi connectivity index (χ0n) is 19.8. The van der Waals surface area contributed by atoms with Crippen LogP contribution in [0.4, 0.5) is 4.79 Å². The van der Waals surface area contributed by atoms with Crippen molar-refractivity contribution >= 4 is 17.8 Å². The quantitative estimate of drug-likeness (QED) is 0.638. The Balaban J connectivity index is 1.41. The van der Waals surface area contributed by atoms with Crippen LogP contribution in [-0.2, 0) is 9.59 Å². The number of rotatable bonds is 7. The van der Waals surface area contributed by atoms with Gasteiger partial charge in [0.1, 0.15) is 17.8 Å². The van der Waals surface area contributed by atoms with Crippen LogP contribution in [0.5, 0.6) is 5.75 Å². The second-order valence-corrected chi connectivity index (χ2v) is 9.51. The van der Waals surface area contributed by atoms with Gasteiger partial charge in [-0.1, -0.05) is 37.8 Å². The number of carbonyl (C=O) groups excluding carboxylic acids is 3. The number of likely N-dealkylation sites (tertiary alicyclic amines) is 1. The number of methoxy groups -OCH3 is 1. The molecule has 33 heavy (non-hydrogen) atoms. The molecule has 1 N–H and O–H groups in total. The number of nitrogens with zero attached hydrogens (tertiary/aromatic N) is 3. The summed E-state index contributed by atoms with van der Waals surface area (Å²) in [6.07, 6.45) is 7.83. The Labute approximate surface area is 196 Å². The van der Waals surface area contributed by atoms with Gasteiger partial charge in [0.15, 0.2) is 0 Å². The number of amides is 4. The van der Waals surface area contributed by atoms with Crippen molar-refractivity contribution in [2.24, 2.45) is 0 Å². The molecule has 4 amide bonds. The summed E-state index contributed by atoms with van der Waals surface area (Å²) >= 11 is 0. The van der Waals surface area contributed by atoms with Gasteiger partial charge in [-0.05, 0) is 56.5 Å². The predicted octanol–water partition coefficient (Wildman–Crippen LogP) is 2.94. The maximum absolute atomic E-state index is 13.2. The van der Waals surface area contributed by atoms with Gasteiger partial charge in [0.25, 0.3) is 5.91 Å². The molecule has 1 spiro atoms. The predicted molar refractivity (Wildman–Crippen MR) is 125 cm³/mol. The Kier molecular flexibility index (Phi) is 7.22. The van der Waals surface area contributed by atoms with Gasteiger partial charge >= 0.3 is 6.03 Å². The number of ether oxygens (including phenoxy) is 1. The van der Waals surface area contributed by atoms with Crippen molar-refractivity contribution in [3.05, 3.63) is 29.8 Å². The molecule has 2 heterocycles. The van der Waals surface area contributed by atoms with Gasteiger partial charge in [-0.15, -0.1) is 0 Å². The van der Waals surface area contributed by atoms with E-state index in [2.05, 4.69) is 10.2 Å². The van der Waals surface area contributed by atoms with Gasteiger partial charge in [0.05, 0.1) is 13.2 Å². The largest absolute Gasteiger partial charge is 0.497 e. The number of nitrogens with one attached hydrogen (secondary N) is 1. The van der Waals surface area contributed by atoms with Crippen LogP contribution < -0.4 is 10.1 Å². The van der Waals surface area contributed by atoms with Gasteiger partial charge in [-0.3, -0.25) is 19.4 Å². The zero-order valence-corrected chi connectivity index (χ0v) is 19.8. The lowest BCUT2D eigenvalue weighted by Crippen LogP contribution is -2.49. The van der Waals surface area contributed by atoms with Crippen molar-refractivity contribution in [1.82, 2.24) is 20.0 Å². The van der Waals surface area contributed by atoms with E-state index in [0.29, 0.717) is 19.4 Å². The molecule has 1 aliphatic carbocycles. The minimum atomic E-state index is -0.755. The number of hydrogen-bond donors (Lipinski definition) is 1. The van der Waals surface area contributed by atoms with E-state index in [4.69, 9.17) is 4.74 Å². The second kappa shape index (κ2) is 10.1. The average Bonchev–Trinajstić information content (AvgIpc) is 3.02. The van der Waals surface area contributed by atoms with E-state index in [-0.39, 0.29) is 30.4 Å². The van der Waals surface area contributed by atoms with Crippen LogP contribution >= 0.6 is 0 Å². The first-order chi connectivity index (χ1) is 16.0. The van der Waals surface area contributed by atoms with Gasteiger partial charge in [0, 0.05) is 13.6 Å². The van der Waals surface area contributed by atoms with E-state index in [1.165, 1.54) is 6.42 Å². The zero-order chi connectivity index (χ0) is 23.4. The first-order valence-electron chi connectivity index (χ1n) is 12.2. The molecule has 0 bridgehead atoms. The minimum Gasteiger partial charge on any atom is -0.497 e. The van der Waals surface area contributed by atoms with E-state index in [1.807, 2.05) is 24.3 Å². The molecule has 8 heteroatoms. The van der Waals surface area contributed by atoms with Crippen LogP contribution in [0.2, 0.25) is 0 Å². The molecule has 3 fully saturated rings. The molecule has 0 aromatic heterocycles. The highest BCUT2D eigenvalue weighted by molar-refractivity contribution is 6.08. The van der Waals surface area contributed by atoms with Crippen molar-refractivity contribution in [2.75, 3.05) is 40.3 Å². The van der Waals surface area contributed by atoms with E-state index in [0.717, 1.165) is 61.4 Å². The Morgan fingerprint density at radius 2 is 1.67 bits per heavy atom. The first-order valence-corrected chi connectivity index (χ1v) is 12.2. The Bertz CT molecular complexity index is 860. The summed E-state index contributed by atoms with van der Waals surface area (Å²) in [5.41, 5.74) is 0.363. The molecule has 8 nitrogen and oxygen atoms in total. The second-order valence-electron chi connectivity index (χ2n) is 9.51. The highest BCUT2D eigenvalue weighted by atomic mass is 16.5. The lowest BCUT2D eigenvalue weighted by Gasteiger charge is -2.36. The average molecular weight is 457 g/mol. The summed E-state index contributed by atoms with van der Waals surface area (Å²) in [5.74, 6) is 0.285. The van der Waals surface area contributed by atoms with Crippen molar-refractivity contribution in [3.63, 3.8) is 0 Å². The lowest BCUT2D eigenvalue weighted by atomic mass is 9.81. The molecule has 2 aliphatic heterocycles. The maximum Gasteiger partial charge on any atom is 0.327 e. The van der Waals surface area contributed by atoms with E-state index >= 15 is 0 Å². The summed E-state index contributed by atoms with van der Waals surface area (Å²) in [6, 6.07) is 7.64. The molecule has 1 saturated carbocycles. The first kappa shape index (κ1) is 23.5. The van der Waals surface area contributed by atoms with Crippen molar-refractivity contribution < 1.29 is 19.1 Å². The van der Waals surface area contributed by atoms with Gasteiger partial charge in [-0.25, -0.2) is 4.79 Å². The number of hydrogen-bond acceptors (Lipinski definition) is 5. The third-order valence-electron chi connectivity index (χ3n) is 7.61. The molecular weight excluding hydrogens is 420 g/mol. The van der Waals surface area contributed by atoms with Crippen LogP contribution in [0.25, 0.3) is 0 Å². The number of urea groups is 1. The molecular formula is C25H36N4O4. The maximum atomic E-state index is 13.2. The third-order valence-corrected chi connectivity index (χ3v) is 7.61. The summed E-state index contributed by atoms with van der Waals surface area (Å²) in [4.78, 5) is 44.0. The molecule has 1 aromatic carbocycles. The highest BCUT2D eigenvalue weighted by Crippen LogP contribution is 2.39. The van der Waals surface area contributed by atoms with Crippen molar-refractivity contribution in [3.8, 4) is 5.75 Å². The SMILES string of the molecule is COc1ccc([C@@H](CNC(=O)CN2C(=O)N(C)C3(CCCCC3)C2=O)N2CCCCC2)cc1. The van der Waals surface area contributed by atoms with Crippen LogP contribution in [0, 0.1) is 0 Å². The smallest absolute Gasteiger partial charge is 0.327 e. The van der Waals surface area contributed by atoms with Crippen molar-refractivity contribution in [1.29, 1.82) is 0 Å². The third kappa shape index (κ3) is 4.71. The van der Waals surface area contributed by atoms with E-state index in [9.17, 15) is 14.4 Å². The standard InChI is InChI=1S/C25H36N4O4/c1-27-24(32)29(23(31)25(27)13-5-3-6-14-25)18-22(30)26-17-21(28-15-7-4-8-16-28)19-9-11-20(33-2)12-10-19/h9-12,21H,3-8,13-18H2,1-2H3,(H,26,30)/t21-/m1/s1. The molecule has 2 saturated heterocycles. The van der Waals surface area contributed by atoms with E-state index in [1.54, 1.807) is 19.1 Å². The highest BCUT2D eigenvalue weighted by Gasteiger charge is 2.55. The molecule has 180 valence electrons. The molecule has 1 aromatic rings. The fourth-order valence-corrected chi connectivity index (χ4v) is 5.59. The molecule has 0 radical (unpaired) electrons. The normalized spacial score (nSPS) is 22.0. The van der Waals surface area contributed by atoms with Gasteiger partial charge in [0.2, 0.25) is 5.91 Å². The number of benzene rings is 1. The number of imide groups is 1. The summed E-state index contributed by atoms with van der Waals surface area (Å²) in [7, 11) is 3.34. The number of likely N-dealkylation sites (N-methyl/N-ethyl adjacent to an activating group) is 1. The van der Waals surface area contributed by atoms with Crippen molar-refractivity contribution in [2.45, 2.75) is 62.9 Å². The Hall–Kier alpha value is -2.61. The van der Waals surface area contributed by atoms with E-state index < -0.39 is 5.54 Å². The Morgan fingerprint density at radius 1 is 1.03 bits per heavy atom. The molecule has 3 aliphatic rings. The lowest BCUT2D eigenvalue weighted by molar-refractivity contribution is -0.137. The fraction of sp³-hybridized carbons (Fsp3) is 0.640. The minimum absolute atomic E-state index is 0.0393. The summed E-state index contributed by atoms with van der Waals surface area (Å²) in [5, 5.41) is 3.00. The van der Waals surface area contributed by atoms with Crippen LogP contribution in [0.15, 0.2) is 24.3 Å². The number of carbonyl (C=O) groups is 3. The number of piperidine rings is 1. The monoisotopic (exact) mass is 456 g/mol. The fourth-order valence-electron chi connectivity index (χ4n) is 5.59. The van der Waals surface area contributed by atoms with Crippen LogP contribution in [0.1, 0.15) is 63.0 Å². The van der Waals surface area contributed by atoms with Crippen LogP contribution in [-0.4, -0.2) is 78.4 Å². The van der Waals surface area contributed by atoms with Gasteiger partial charge < -0.3 is 15.0 Å². The summed E-state index contributed by atoms with van der Waals surface area (Å²) < 4.78 is 5.29. The summed E-state index contributed by atoms with van der Waals surface area (Å²) in [6.45, 7) is 2.19.